The average molecular weight is 177 g/mol. The standard InChI is InChI=1S/C6H11NO3S/c7-11(8)4-1-6(5-11)9-2-3-10-6/h7H,1-5H2. The van der Waals surface area contributed by atoms with Crippen LogP contribution in [-0.2, 0) is 19.2 Å². The maximum atomic E-state index is 11.3. The van der Waals surface area contributed by atoms with E-state index in [1.54, 1.807) is 0 Å². The lowest BCUT2D eigenvalue weighted by molar-refractivity contribution is -0.134. The molecule has 5 heteroatoms. The van der Waals surface area contributed by atoms with Crippen molar-refractivity contribution in [3.63, 3.8) is 0 Å². The Hall–Kier alpha value is -0.130. The molecule has 2 aliphatic rings. The quantitative estimate of drug-likeness (QED) is 0.574. The van der Waals surface area contributed by atoms with Gasteiger partial charge in [0, 0.05) is 21.9 Å². The van der Waals surface area contributed by atoms with Crippen LogP contribution in [0.15, 0.2) is 0 Å². The Morgan fingerprint density at radius 3 is 2.45 bits per heavy atom. The van der Waals surface area contributed by atoms with E-state index in [4.69, 9.17) is 14.3 Å². The van der Waals surface area contributed by atoms with Crippen molar-refractivity contribution in [2.45, 2.75) is 12.2 Å². The summed E-state index contributed by atoms with van der Waals surface area (Å²) in [5.74, 6) is 0.0475. The first-order valence-corrected chi connectivity index (χ1v) is 5.54. The Bertz CT molecular complexity index is 253. The van der Waals surface area contributed by atoms with Crippen molar-refractivity contribution in [2.75, 3.05) is 24.7 Å². The molecule has 0 aromatic carbocycles. The molecule has 0 aliphatic carbocycles. The van der Waals surface area contributed by atoms with Gasteiger partial charge in [0.15, 0.2) is 5.79 Å². The topological polar surface area (TPSA) is 59.4 Å². The zero-order valence-electron chi connectivity index (χ0n) is 6.17. The predicted octanol–water partition coefficient (Wildman–Crippen LogP) is 0.180. The molecule has 64 valence electrons. The van der Waals surface area contributed by atoms with Gasteiger partial charge in [-0.1, -0.05) is 0 Å². The van der Waals surface area contributed by atoms with Gasteiger partial charge in [0.05, 0.1) is 19.0 Å². The fourth-order valence-electron chi connectivity index (χ4n) is 1.54. The zero-order chi connectivity index (χ0) is 7.95. The minimum Gasteiger partial charge on any atom is -0.347 e. The molecule has 2 rings (SSSR count). The minimum absolute atomic E-state index is 0.264. The van der Waals surface area contributed by atoms with E-state index in [1.165, 1.54) is 0 Å². The molecule has 1 atom stereocenters. The maximum absolute atomic E-state index is 11.3. The summed E-state index contributed by atoms with van der Waals surface area (Å²) in [5, 5.41) is 0. The van der Waals surface area contributed by atoms with Crippen LogP contribution in [0.4, 0.5) is 0 Å². The maximum Gasteiger partial charge on any atom is 0.181 e. The Kier molecular flexibility index (Phi) is 1.49. The van der Waals surface area contributed by atoms with Crippen molar-refractivity contribution in [1.82, 2.24) is 0 Å². The SMILES string of the molecule is N=S1(=O)CCC2(C1)OCCO2. The second-order valence-electron chi connectivity index (χ2n) is 3.02. The van der Waals surface area contributed by atoms with Crippen LogP contribution in [0.3, 0.4) is 0 Å². The highest BCUT2D eigenvalue weighted by Gasteiger charge is 2.45. The summed E-state index contributed by atoms with van der Waals surface area (Å²) in [7, 11) is -2.39. The Morgan fingerprint density at radius 1 is 1.36 bits per heavy atom. The van der Waals surface area contributed by atoms with Gasteiger partial charge in [0.25, 0.3) is 0 Å². The van der Waals surface area contributed by atoms with Gasteiger partial charge in [-0.25, -0.2) is 4.21 Å². The number of nitrogens with one attached hydrogen (secondary N) is 1. The highest BCUT2D eigenvalue weighted by Crippen LogP contribution is 2.31. The first-order chi connectivity index (χ1) is 5.12. The molecular formula is C6H11NO3S. The molecule has 0 aromatic heterocycles. The fourth-order valence-corrected chi connectivity index (χ4v) is 3.35. The van der Waals surface area contributed by atoms with Gasteiger partial charge in [0.2, 0.25) is 0 Å². The lowest BCUT2D eigenvalue weighted by Crippen LogP contribution is -2.30. The normalized spacial score (nSPS) is 41.8. The summed E-state index contributed by atoms with van der Waals surface area (Å²) in [6.07, 6.45) is 0.620. The second-order valence-corrected chi connectivity index (χ2v) is 5.34. The summed E-state index contributed by atoms with van der Waals surface area (Å²) >= 11 is 0. The zero-order valence-corrected chi connectivity index (χ0v) is 6.99. The predicted molar refractivity (Wildman–Crippen MR) is 39.8 cm³/mol. The molecule has 2 heterocycles. The first kappa shape index (κ1) is 7.52. The summed E-state index contributed by atoms with van der Waals surface area (Å²) in [6.45, 7) is 1.16. The number of rotatable bonds is 0. The van der Waals surface area contributed by atoms with Gasteiger partial charge in [-0.2, -0.15) is 0 Å². The van der Waals surface area contributed by atoms with Crippen LogP contribution in [0.1, 0.15) is 6.42 Å². The smallest absolute Gasteiger partial charge is 0.181 e. The molecule has 2 aliphatic heterocycles. The molecule has 11 heavy (non-hydrogen) atoms. The Labute approximate surface area is 65.8 Å². The largest absolute Gasteiger partial charge is 0.347 e. The van der Waals surface area contributed by atoms with Gasteiger partial charge in [-0.3, -0.25) is 4.78 Å². The van der Waals surface area contributed by atoms with Gasteiger partial charge < -0.3 is 9.47 Å². The van der Waals surface area contributed by atoms with E-state index in [0.29, 0.717) is 25.4 Å². The molecule has 0 amide bonds. The van der Waals surface area contributed by atoms with Crippen molar-refractivity contribution in [3.05, 3.63) is 0 Å². The van der Waals surface area contributed by atoms with E-state index in [-0.39, 0.29) is 5.75 Å². The summed E-state index contributed by atoms with van der Waals surface area (Å²) in [4.78, 5) is 0. The van der Waals surface area contributed by atoms with Crippen LogP contribution in [0, 0.1) is 4.78 Å². The molecule has 1 unspecified atom stereocenters. The van der Waals surface area contributed by atoms with E-state index in [1.807, 2.05) is 0 Å². The van der Waals surface area contributed by atoms with Crippen molar-refractivity contribution in [3.8, 4) is 0 Å². The van der Waals surface area contributed by atoms with Crippen molar-refractivity contribution >= 4 is 9.73 Å². The van der Waals surface area contributed by atoms with Gasteiger partial charge >= 0.3 is 0 Å². The van der Waals surface area contributed by atoms with Gasteiger partial charge in [-0.15, -0.1) is 0 Å². The molecule has 4 nitrogen and oxygen atoms in total. The molecule has 0 saturated carbocycles. The molecule has 1 N–H and O–H groups in total. The highest BCUT2D eigenvalue weighted by molar-refractivity contribution is 7.92. The third-order valence-electron chi connectivity index (χ3n) is 2.08. The molecule has 0 bridgehead atoms. The van der Waals surface area contributed by atoms with Crippen molar-refractivity contribution in [1.29, 1.82) is 4.78 Å². The number of ether oxygens (including phenoxy) is 2. The third-order valence-corrected chi connectivity index (χ3v) is 3.85. The van der Waals surface area contributed by atoms with Crippen molar-refractivity contribution < 1.29 is 13.7 Å². The molecule has 2 fully saturated rings. The van der Waals surface area contributed by atoms with E-state index >= 15 is 0 Å². The van der Waals surface area contributed by atoms with E-state index in [2.05, 4.69) is 0 Å². The lowest BCUT2D eigenvalue weighted by Gasteiger charge is -2.18. The third kappa shape index (κ3) is 1.28. The monoisotopic (exact) mass is 177 g/mol. The fraction of sp³-hybridized carbons (Fsp3) is 1.00. The minimum atomic E-state index is -2.39. The highest BCUT2D eigenvalue weighted by atomic mass is 32.2. The van der Waals surface area contributed by atoms with Crippen LogP contribution in [-0.4, -0.2) is 34.7 Å². The van der Waals surface area contributed by atoms with Gasteiger partial charge in [-0.05, 0) is 0 Å². The molecule has 2 saturated heterocycles. The molecule has 1 spiro atoms. The molecule has 0 radical (unpaired) electrons. The molecular weight excluding hydrogens is 166 g/mol. The van der Waals surface area contributed by atoms with Crippen LogP contribution in [0.25, 0.3) is 0 Å². The average Bonchev–Trinajstić information content (AvgIpc) is 2.43. The van der Waals surface area contributed by atoms with E-state index in [9.17, 15) is 4.21 Å². The Balaban J connectivity index is 2.20. The van der Waals surface area contributed by atoms with Crippen LogP contribution in [0.5, 0.6) is 0 Å². The van der Waals surface area contributed by atoms with E-state index < -0.39 is 15.5 Å². The first-order valence-electron chi connectivity index (χ1n) is 3.64. The van der Waals surface area contributed by atoms with Gasteiger partial charge in [0.1, 0.15) is 0 Å². The Morgan fingerprint density at radius 2 is 2.00 bits per heavy atom. The summed E-state index contributed by atoms with van der Waals surface area (Å²) in [5.41, 5.74) is 0. The van der Waals surface area contributed by atoms with Crippen molar-refractivity contribution in [2.24, 2.45) is 0 Å². The van der Waals surface area contributed by atoms with Crippen LogP contribution >= 0.6 is 0 Å². The summed E-state index contributed by atoms with van der Waals surface area (Å²) in [6, 6.07) is 0. The lowest BCUT2D eigenvalue weighted by atomic mass is 10.2. The number of hydrogen-bond acceptors (Lipinski definition) is 4. The van der Waals surface area contributed by atoms with Crippen LogP contribution < -0.4 is 0 Å². The van der Waals surface area contributed by atoms with Crippen LogP contribution in [0.2, 0.25) is 0 Å². The number of hydrogen-bond donors (Lipinski definition) is 1. The molecule has 0 aromatic rings. The van der Waals surface area contributed by atoms with E-state index in [0.717, 1.165) is 0 Å². The summed E-state index contributed by atoms with van der Waals surface area (Å²) < 4.78 is 29.2. The second kappa shape index (κ2) is 2.18.